The second-order valence-electron chi connectivity index (χ2n) is 7.83. The molecule has 0 bridgehead atoms. The molecule has 0 spiro atoms. The van der Waals surface area contributed by atoms with Crippen LogP contribution >= 0.6 is 23.2 Å². The molecule has 2 aliphatic rings. The van der Waals surface area contributed by atoms with Gasteiger partial charge in [0.1, 0.15) is 0 Å². The largest absolute Gasteiger partial charge is 0.335 e. The fourth-order valence-electron chi connectivity index (χ4n) is 4.41. The van der Waals surface area contributed by atoms with Gasteiger partial charge in [-0.25, -0.2) is 0 Å². The number of rotatable bonds is 5. The Kier molecular flexibility index (Phi) is 7.01. The highest BCUT2D eigenvalue weighted by Crippen LogP contribution is 2.35. The first-order valence-electron chi connectivity index (χ1n) is 9.79. The molecule has 0 aromatic heterocycles. The SMILES string of the molecule is C[NH+](CC(=O)Nc1ccc(Cl)c(Cl)c1)CC(=O)N1CCC[C@H]2CCCC[C@@H]21. The number of hydrogen-bond acceptors (Lipinski definition) is 2. The molecule has 1 saturated carbocycles. The number of amides is 2. The topological polar surface area (TPSA) is 53.9 Å². The minimum Gasteiger partial charge on any atom is -0.335 e. The van der Waals surface area contributed by atoms with Crippen LogP contribution in [0.25, 0.3) is 0 Å². The summed E-state index contributed by atoms with van der Waals surface area (Å²) in [6.45, 7) is 1.44. The van der Waals surface area contributed by atoms with Crippen LogP contribution in [-0.2, 0) is 9.59 Å². The number of piperidine rings is 1. The normalized spacial score (nSPS) is 23.4. The van der Waals surface area contributed by atoms with Crippen molar-refractivity contribution in [1.29, 1.82) is 0 Å². The number of likely N-dealkylation sites (N-methyl/N-ethyl adjacent to an activating group) is 1. The number of carbonyl (C=O) groups excluding carboxylic acids is 2. The summed E-state index contributed by atoms with van der Waals surface area (Å²) in [5.41, 5.74) is 0.606. The highest BCUT2D eigenvalue weighted by atomic mass is 35.5. The predicted molar refractivity (Wildman–Crippen MR) is 108 cm³/mol. The van der Waals surface area contributed by atoms with E-state index in [4.69, 9.17) is 23.2 Å². The van der Waals surface area contributed by atoms with Crippen LogP contribution < -0.4 is 10.2 Å². The quantitative estimate of drug-likeness (QED) is 0.780. The average molecular weight is 413 g/mol. The van der Waals surface area contributed by atoms with Crippen molar-refractivity contribution >= 4 is 40.7 Å². The summed E-state index contributed by atoms with van der Waals surface area (Å²) in [7, 11) is 1.88. The second-order valence-corrected chi connectivity index (χ2v) is 8.64. The van der Waals surface area contributed by atoms with Gasteiger partial charge in [-0.05, 0) is 49.8 Å². The number of nitrogens with zero attached hydrogens (tertiary/aromatic N) is 1. The standard InChI is InChI=1S/C20H27Cl2N3O2/c1-24(12-19(26)23-15-8-9-16(21)17(22)11-15)13-20(27)25-10-4-6-14-5-2-3-7-18(14)25/h8-9,11,14,18H,2-7,10,12-13H2,1H3,(H,23,26)/p+1/t14-,18+/m1/s1. The lowest BCUT2D eigenvalue weighted by Crippen LogP contribution is -3.11. The van der Waals surface area contributed by atoms with Crippen LogP contribution in [0.5, 0.6) is 0 Å². The third-order valence-corrected chi connectivity index (χ3v) is 6.42. The van der Waals surface area contributed by atoms with Crippen molar-refractivity contribution in [2.75, 3.05) is 32.0 Å². The summed E-state index contributed by atoms with van der Waals surface area (Å²) in [6.07, 6.45) is 7.26. The highest BCUT2D eigenvalue weighted by molar-refractivity contribution is 6.42. The van der Waals surface area contributed by atoms with Gasteiger partial charge in [0.05, 0.1) is 17.1 Å². The molecule has 0 radical (unpaired) electrons. The van der Waals surface area contributed by atoms with E-state index in [1.165, 1.54) is 25.7 Å². The van der Waals surface area contributed by atoms with Crippen LogP contribution in [0, 0.1) is 5.92 Å². The van der Waals surface area contributed by atoms with Gasteiger partial charge in [0.25, 0.3) is 11.8 Å². The Bertz CT molecular complexity index is 696. The first-order chi connectivity index (χ1) is 12.9. The van der Waals surface area contributed by atoms with Gasteiger partial charge in [-0.3, -0.25) is 9.59 Å². The molecular weight excluding hydrogens is 385 g/mol. The van der Waals surface area contributed by atoms with E-state index in [-0.39, 0.29) is 18.4 Å². The maximum Gasteiger partial charge on any atom is 0.279 e. The molecule has 1 aliphatic carbocycles. The Morgan fingerprint density at radius 1 is 1.11 bits per heavy atom. The number of carbonyl (C=O) groups is 2. The molecule has 2 fully saturated rings. The third-order valence-electron chi connectivity index (χ3n) is 5.68. The van der Waals surface area contributed by atoms with Crippen molar-refractivity contribution < 1.29 is 14.5 Å². The van der Waals surface area contributed by atoms with E-state index in [1.54, 1.807) is 18.2 Å². The predicted octanol–water partition coefficient (Wildman–Crippen LogP) is 2.63. The molecular formula is C20H28Cl2N3O2+. The van der Waals surface area contributed by atoms with Gasteiger partial charge < -0.3 is 15.1 Å². The summed E-state index contributed by atoms with van der Waals surface area (Å²) in [6, 6.07) is 5.40. The minimum atomic E-state index is -0.145. The van der Waals surface area contributed by atoms with Gasteiger partial charge in [0.15, 0.2) is 13.1 Å². The first kappa shape index (κ1) is 20.4. The molecule has 1 aromatic rings. The van der Waals surface area contributed by atoms with Crippen LogP contribution in [0.15, 0.2) is 18.2 Å². The number of halogens is 2. The van der Waals surface area contributed by atoms with Gasteiger partial charge in [-0.15, -0.1) is 0 Å². The number of nitrogens with one attached hydrogen (secondary N) is 2. The molecule has 2 amide bonds. The van der Waals surface area contributed by atoms with E-state index < -0.39 is 0 Å². The molecule has 1 saturated heterocycles. The van der Waals surface area contributed by atoms with E-state index in [0.29, 0.717) is 34.2 Å². The lowest BCUT2D eigenvalue weighted by atomic mass is 9.78. The zero-order chi connectivity index (χ0) is 19.4. The summed E-state index contributed by atoms with van der Waals surface area (Å²) in [5, 5.41) is 3.66. The van der Waals surface area contributed by atoms with E-state index in [9.17, 15) is 9.59 Å². The van der Waals surface area contributed by atoms with Crippen molar-refractivity contribution in [3.05, 3.63) is 28.2 Å². The van der Waals surface area contributed by atoms with Crippen molar-refractivity contribution in [3.8, 4) is 0 Å². The van der Waals surface area contributed by atoms with Crippen molar-refractivity contribution in [1.82, 2.24) is 4.90 Å². The molecule has 3 rings (SSSR count). The Labute approximate surface area is 171 Å². The van der Waals surface area contributed by atoms with Gasteiger partial charge in [0.2, 0.25) is 0 Å². The number of hydrogen-bond donors (Lipinski definition) is 2. The Morgan fingerprint density at radius 2 is 1.85 bits per heavy atom. The maximum atomic E-state index is 12.8. The summed E-state index contributed by atoms with van der Waals surface area (Å²) < 4.78 is 0. The zero-order valence-corrected chi connectivity index (χ0v) is 17.3. The second kappa shape index (κ2) is 9.26. The number of fused-ring (bicyclic) bond motifs is 1. The monoisotopic (exact) mass is 412 g/mol. The Balaban J connectivity index is 1.50. The molecule has 7 heteroatoms. The molecule has 2 N–H and O–H groups in total. The molecule has 3 atom stereocenters. The van der Waals surface area contributed by atoms with Crippen LogP contribution in [0.2, 0.25) is 10.0 Å². The number of likely N-dealkylation sites (tertiary alicyclic amines) is 1. The van der Waals surface area contributed by atoms with Crippen LogP contribution in [0.4, 0.5) is 5.69 Å². The fraction of sp³-hybridized carbons (Fsp3) is 0.600. The van der Waals surface area contributed by atoms with E-state index in [1.807, 2.05) is 7.05 Å². The molecule has 1 aromatic carbocycles. The Morgan fingerprint density at radius 3 is 2.63 bits per heavy atom. The zero-order valence-electron chi connectivity index (χ0n) is 15.8. The lowest BCUT2D eigenvalue weighted by Gasteiger charge is -2.44. The van der Waals surface area contributed by atoms with E-state index >= 15 is 0 Å². The number of benzene rings is 1. The molecule has 1 unspecified atom stereocenters. The third kappa shape index (κ3) is 5.37. The summed E-state index contributed by atoms with van der Waals surface area (Å²) >= 11 is 11.9. The molecule has 148 valence electrons. The Hall–Kier alpha value is -1.30. The van der Waals surface area contributed by atoms with Crippen LogP contribution in [0.3, 0.4) is 0 Å². The fourth-order valence-corrected chi connectivity index (χ4v) is 4.71. The lowest BCUT2D eigenvalue weighted by molar-refractivity contribution is -0.862. The molecule has 1 heterocycles. The maximum absolute atomic E-state index is 12.8. The van der Waals surface area contributed by atoms with Gasteiger partial charge in [-0.2, -0.15) is 0 Å². The van der Waals surface area contributed by atoms with Gasteiger partial charge in [-0.1, -0.05) is 36.0 Å². The number of quaternary nitrogens is 1. The van der Waals surface area contributed by atoms with Crippen molar-refractivity contribution in [2.24, 2.45) is 5.92 Å². The summed E-state index contributed by atoms with van der Waals surface area (Å²) in [4.78, 5) is 28.1. The molecule has 5 nitrogen and oxygen atoms in total. The highest BCUT2D eigenvalue weighted by Gasteiger charge is 2.36. The minimum absolute atomic E-state index is 0.145. The van der Waals surface area contributed by atoms with Gasteiger partial charge >= 0.3 is 0 Å². The molecule has 27 heavy (non-hydrogen) atoms. The smallest absolute Gasteiger partial charge is 0.279 e. The molecule has 1 aliphatic heterocycles. The number of anilines is 1. The van der Waals surface area contributed by atoms with Crippen LogP contribution in [-0.4, -0.2) is 49.4 Å². The summed E-state index contributed by atoms with van der Waals surface area (Å²) in [5.74, 6) is 0.703. The van der Waals surface area contributed by atoms with Crippen LogP contribution in [0.1, 0.15) is 38.5 Å². The van der Waals surface area contributed by atoms with Crippen molar-refractivity contribution in [3.63, 3.8) is 0 Å². The van der Waals surface area contributed by atoms with Crippen molar-refractivity contribution in [2.45, 2.75) is 44.6 Å². The van der Waals surface area contributed by atoms with E-state index in [0.717, 1.165) is 24.3 Å². The average Bonchev–Trinajstić information content (AvgIpc) is 2.64. The van der Waals surface area contributed by atoms with Gasteiger partial charge in [0, 0.05) is 18.3 Å². The first-order valence-corrected chi connectivity index (χ1v) is 10.6. The van der Waals surface area contributed by atoms with E-state index in [2.05, 4.69) is 10.2 Å².